The molecule has 0 radical (unpaired) electrons. The molecule has 37 heavy (non-hydrogen) atoms. The Morgan fingerprint density at radius 3 is 2.41 bits per heavy atom. The average Bonchev–Trinajstić information content (AvgIpc) is 3.45. The van der Waals surface area contributed by atoms with Gasteiger partial charge >= 0.3 is 5.91 Å². The lowest BCUT2D eigenvalue weighted by atomic mass is 9.94. The van der Waals surface area contributed by atoms with Crippen LogP contribution < -0.4 is 19.1 Å². The lowest BCUT2D eigenvalue weighted by Crippen LogP contribution is -2.29. The van der Waals surface area contributed by atoms with Gasteiger partial charge in [0, 0.05) is 11.1 Å². The number of methoxy groups -OCH3 is 3. The first-order chi connectivity index (χ1) is 17.9. The van der Waals surface area contributed by atoms with Gasteiger partial charge in [0.05, 0.1) is 37.1 Å². The zero-order valence-electron chi connectivity index (χ0n) is 20.6. The molecule has 0 spiro atoms. The molecule has 1 unspecified atom stereocenters. The van der Waals surface area contributed by atoms with Crippen LogP contribution in [-0.4, -0.2) is 43.1 Å². The summed E-state index contributed by atoms with van der Waals surface area (Å²) in [5.74, 6) is -0.470. The van der Waals surface area contributed by atoms with Gasteiger partial charge in [-0.15, -0.1) is 0 Å². The Bertz CT molecular complexity index is 1560. The number of aliphatic hydroxyl groups excluding tert-OH is 1. The number of carbonyl (C=O) groups is 2. The topological polar surface area (TPSA) is 98.2 Å². The average molecular weight is 517 g/mol. The van der Waals surface area contributed by atoms with E-state index in [2.05, 4.69) is 4.98 Å². The van der Waals surface area contributed by atoms with Gasteiger partial charge in [-0.3, -0.25) is 14.5 Å². The van der Waals surface area contributed by atoms with E-state index in [1.54, 1.807) is 49.6 Å². The number of aromatic nitrogens is 1. The molecular formula is C28H24N2O6S. The summed E-state index contributed by atoms with van der Waals surface area (Å²) in [5, 5.41) is 11.7. The summed E-state index contributed by atoms with van der Waals surface area (Å²) < 4.78 is 17.2. The number of anilines is 1. The van der Waals surface area contributed by atoms with Gasteiger partial charge in [0.1, 0.15) is 17.6 Å². The molecule has 9 heteroatoms. The monoisotopic (exact) mass is 516 g/mol. The van der Waals surface area contributed by atoms with Crippen molar-refractivity contribution in [2.45, 2.75) is 13.0 Å². The van der Waals surface area contributed by atoms with Crippen LogP contribution in [0.25, 0.3) is 16.0 Å². The van der Waals surface area contributed by atoms with Crippen LogP contribution in [0.3, 0.4) is 0 Å². The van der Waals surface area contributed by atoms with Gasteiger partial charge in [-0.2, -0.15) is 0 Å². The number of Topliss-reactive ketones (excluding diaryl/α,β-unsaturated/α-hetero) is 1. The first-order valence-corrected chi connectivity index (χ1v) is 12.2. The van der Waals surface area contributed by atoms with Crippen LogP contribution in [0.1, 0.15) is 22.7 Å². The molecule has 1 fully saturated rings. The predicted molar refractivity (Wildman–Crippen MR) is 142 cm³/mol. The lowest BCUT2D eigenvalue weighted by molar-refractivity contribution is -0.132. The van der Waals surface area contributed by atoms with Crippen LogP contribution in [0.5, 0.6) is 17.2 Å². The quantitative estimate of drug-likeness (QED) is 0.212. The number of amides is 1. The van der Waals surface area contributed by atoms with Crippen molar-refractivity contribution in [1.29, 1.82) is 0 Å². The third-order valence-electron chi connectivity index (χ3n) is 6.29. The number of hydrogen-bond donors (Lipinski definition) is 1. The maximum absolute atomic E-state index is 13.5. The Morgan fingerprint density at radius 1 is 0.973 bits per heavy atom. The number of benzene rings is 3. The van der Waals surface area contributed by atoms with E-state index >= 15 is 0 Å². The molecule has 1 N–H and O–H groups in total. The Kier molecular flexibility index (Phi) is 6.31. The van der Waals surface area contributed by atoms with Gasteiger partial charge in [-0.25, -0.2) is 4.98 Å². The summed E-state index contributed by atoms with van der Waals surface area (Å²) in [6, 6.07) is 16.7. The highest BCUT2D eigenvalue weighted by Gasteiger charge is 2.49. The Balaban J connectivity index is 1.77. The summed E-state index contributed by atoms with van der Waals surface area (Å²) in [7, 11) is 4.56. The van der Waals surface area contributed by atoms with Gasteiger partial charge in [0.25, 0.3) is 5.78 Å². The van der Waals surface area contributed by atoms with Gasteiger partial charge in [0.2, 0.25) is 0 Å². The third-order valence-corrected chi connectivity index (χ3v) is 7.31. The second-order valence-corrected chi connectivity index (χ2v) is 9.46. The fourth-order valence-corrected chi connectivity index (χ4v) is 5.46. The molecule has 1 atom stereocenters. The summed E-state index contributed by atoms with van der Waals surface area (Å²) in [4.78, 5) is 33.0. The van der Waals surface area contributed by atoms with Crippen molar-refractivity contribution in [2.75, 3.05) is 26.2 Å². The second kappa shape index (κ2) is 9.59. The van der Waals surface area contributed by atoms with Crippen molar-refractivity contribution in [2.24, 2.45) is 0 Å². The standard InChI is InChI=1S/C28H24N2O6S/c1-15-8-10-16(11-9-15)24(31)22-23(18-6-5-7-20(35-3)26(18)36-4)30(27(33)25(22)32)28-29-19-13-12-17(34-2)14-21(19)37-28/h5-14,23,31H,1-4H3/b24-22+. The maximum Gasteiger partial charge on any atom is 0.301 e. The molecular weight excluding hydrogens is 492 g/mol. The highest BCUT2D eigenvalue weighted by molar-refractivity contribution is 7.22. The van der Waals surface area contributed by atoms with Crippen LogP contribution in [0, 0.1) is 6.92 Å². The molecule has 1 aliphatic rings. The van der Waals surface area contributed by atoms with Crippen LogP contribution in [0.2, 0.25) is 0 Å². The van der Waals surface area contributed by atoms with Crippen LogP contribution >= 0.6 is 11.3 Å². The first-order valence-electron chi connectivity index (χ1n) is 11.4. The normalized spacial score (nSPS) is 16.9. The van der Waals surface area contributed by atoms with E-state index < -0.39 is 17.7 Å². The molecule has 2 heterocycles. The summed E-state index contributed by atoms with van der Waals surface area (Å²) in [5.41, 5.74) is 2.49. The fraction of sp³-hybridized carbons (Fsp3) is 0.179. The number of fused-ring (bicyclic) bond motifs is 1. The smallest absolute Gasteiger partial charge is 0.301 e. The molecule has 1 aromatic heterocycles. The number of aryl methyl sites for hydroxylation is 1. The zero-order chi connectivity index (χ0) is 26.3. The highest BCUT2D eigenvalue weighted by atomic mass is 32.1. The van der Waals surface area contributed by atoms with Crippen molar-refractivity contribution >= 4 is 44.1 Å². The molecule has 3 aromatic carbocycles. The number of rotatable bonds is 6. The van der Waals surface area contributed by atoms with Crippen molar-refractivity contribution in [1.82, 2.24) is 4.98 Å². The number of para-hydroxylation sites is 1. The number of ketones is 1. The first kappa shape index (κ1) is 24.3. The number of carbonyl (C=O) groups excluding carboxylic acids is 2. The van der Waals surface area contributed by atoms with Gasteiger partial charge < -0.3 is 19.3 Å². The highest BCUT2D eigenvalue weighted by Crippen LogP contribution is 2.48. The summed E-state index contributed by atoms with van der Waals surface area (Å²) in [6.07, 6.45) is 0. The zero-order valence-corrected chi connectivity index (χ0v) is 21.5. The minimum atomic E-state index is -1.01. The third kappa shape index (κ3) is 4.07. The molecule has 1 aliphatic heterocycles. The largest absolute Gasteiger partial charge is 0.507 e. The van der Waals surface area contributed by atoms with E-state index in [0.717, 1.165) is 10.3 Å². The molecule has 4 aromatic rings. The SMILES string of the molecule is COc1ccc2nc(N3C(=O)C(=O)/C(=C(/O)c4ccc(C)cc4)C3c3cccc(OC)c3OC)sc2c1. The van der Waals surface area contributed by atoms with E-state index in [4.69, 9.17) is 14.2 Å². The van der Waals surface area contributed by atoms with Crippen molar-refractivity contribution in [3.63, 3.8) is 0 Å². The number of nitrogens with zero attached hydrogens (tertiary/aromatic N) is 2. The predicted octanol–water partition coefficient (Wildman–Crippen LogP) is 5.26. The van der Waals surface area contributed by atoms with Crippen molar-refractivity contribution in [3.8, 4) is 17.2 Å². The molecule has 8 nitrogen and oxygen atoms in total. The molecule has 0 saturated carbocycles. The summed E-state index contributed by atoms with van der Waals surface area (Å²) in [6.45, 7) is 1.92. The maximum atomic E-state index is 13.5. The second-order valence-electron chi connectivity index (χ2n) is 8.45. The number of ether oxygens (including phenoxy) is 3. The minimum Gasteiger partial charge on any atom is -0.507 e. The number of aliphatic hydroxyl groups is 1. The van der Waals surface area contributed by atoms with E-state index in [9.17, 15) is 14.7 Å². The number of thiazole rings is 1. The van der Waals surface area contributed by atoms with Crippen molar-refractivity contribution in [3.05, 3.63) is 82.9 Å². The summed E-state index contributed by atoms with van der Waals surface area (Å²) >= 11 is 1.25. The van der Waals surface area contributed by atoms with Crippen LogP contribution in [-0.2, 0) is 9.59 Å². The van der Waals surface area contributed by atoms with E-state index in [1.807, 2.05) is 25.1 Å². The lowest BCUT2D eigenvalue weighted by Gasteiger charge is -2.25. The molecule has 0 bridgehead atoms. The Hall–Kier alpha value is -4.37. The van der Waals surface area contributed by atoms with Crippen molar-refractivity contribution < 1.29 is 28.9 Å². The molecule has 188 valence electrons. The molecule has 5 rings (SSSR count). The Morgan fingerprint density at radius 2 is 1.73 bits per heavy atom. The molecule has 1 amide bonds. The molecule has 1 saturated heterocycles. The van der Waals surface area contributed by atoms with Gasteiger partial charge in [-0.1, -0.05) is 53.3 Å². The molecule has 0 aliphatic carbocycles. The van der Waals surface area contributed by atoms with E-state index in [1.165, 1.54) is 30.5 Å². The van der Waals surface area contributed by atoms with Gasteiger partial charge in [0.15, 0.2) is 16.6 Å². The minimum absolute atomic E-state index is 0.0581. The number of hydrogen-bond acceptors (Lipinski definition) is 8. The van der Waals surface area contributed by atoms with Crippen LogP contribution in [0.15, 0.2) is 66.2 Å². The fourth-order valence-electron chi connectivity index (χ4n) is 4.44. The van der Waals surface area contributed by atoms with Crippen LogP contribution in [0.4, 0.5) is 5.13 Å². The van der Waals surface area contributed by atoms with Gasteiger partial charge in [-0.05, 0) is 31.2 Å². The Labute approximate surface area is 217 Å². The van der Waals surface area contributed by atoms with E-state index in [0.29, 0.717) is 39.0 Å². The van der Waals surface area contributed by atoms with E-state index in [-0.39, 0.29) is 11.3 Å².